The Hall–Kier alpha value is -2.66. The normalized spacial score (nSPS) is 17.0. The summed E-state index contributed by atoms with van der Waals surface area (Å²) in [4.78, 5) is 27.2. The number of esters is 1. The molecule has 0 saturated carbocycles. The number of hydrogen-bond acceptors (Lipinski definition) is 4. The molecule has 5 heteroatoms. The molecule has 1 fully saturated rings. The fraction of sp³-hybridized carbons (Fsp3) is 0.417. The summed E-state index contributed by atoms with van der Waals surface area (Å²) in [5.41, 5.74) is 3.61. The molecule has 0 aromatic heterocycles. The maximum absolute atomic E-state index is 12.7. The minimum Gasteiger partial charge on any atom is -0.462 e. The van der Waals surface area contributed by atoms with Crippen molar-refractivity contribution in [3.05, 3.63) is 64.7 Å². The number of piperidine rings is 1. The number of nitrogens with one attached hydrogen (secondary N) is 1. The highest BCUT2D eigenvalue weighted by Crippen LogP contribution is 2.21. The zero-order valence-corrected chi connectivity index (χ0v) is 17.5. The van der Waals surface area contributed by atoms with E-state index in [4.69, 9.17) is 4.74 Å². The summed E-state index contributed by atoms with van der Waals surface area (Å²) in [5.74, 6) is 0.187. The van der Waals surface area contributed by atoms with Crippen molar-refractivity contribution in [3.63, 3.8) is 0 Å². The van der Waals surface area contributed by atoms with E-state index in [9.17, 15) is 9.59 Å². The third-order valence-electron chi connectivity index (χ3n) is 5.44. The van der Waals surface area contributed by atoms with Gasteiger partial charge in [-0.3, -0.25) is 9.69 Å². The molecule has 1 saturated heterocycles. The Morgan fingerprint density at radius 3 is 2.62 bits per heavy atom. The molecule has 1 amide bonds. The van der Waals surface area contributed by atoms with E-state index in [1.165, 1.54) is 18.4 Å². The van der Waals surface area contributed by atoms with Crippen LogP contribution in [0, 0.1) is 12.8 Å². The van der Waals surface area contributed by atoms with Gasteiger partial charge in [0.05, 0.1) is 12.2 Å². The Bertz CT molecular complexity index is 861. The first-order valence-electron chi connectivity index (χ1n) is 10.4. The third kappa shape index (κ3) is 5.45. The molecular weight excluding hydrogens is 364 g/mol. The number of ether oxygens (including phenoxy) is 1. The summed E-state index contributed by atoms with van der Waals surface area (Å²) in [7, 11) is 0. The van der Waals surface area contributed by atoms with E-state index >= 15 is 0 Å². The molecule has 0 aliphatic carbocycles. The second kappa shape index (κ2) is 9.70. The number of nitrogens with zero attached hydrogens (tertiary/aromatic N) is 1. The summed E-state index contributed by atoms with van der Waals surface area (Å²) in [6.45, 7) is 9.41. The van der Waals surface area contributed by atoms with Crippen LogP contribution >= 0.6 is 0 Å². The van der Waals surface area contributed by atoms with Gasteiger partial charge in [-0.25, -0.2) is 4.79 Å². The van der Waals surface area contributed by atoms with Crippen molar-refractivity contribution in [2.24, 2.45) is 5.92 Å². The molecule has 1 aliphatic rings. The number of benzene rings is 2. The van der Waals surface area contributed by atoms with Gasteiger partial charge >= 0.3 is 5.97 Å². The lowest BCUT2D eigenvalue weighted by molar-refractivity contribution is 0.0525. The smallest absolute Gasteiger partial charge is 0.338 e. The Morgan fingerprint density at radius 2 is 1.93 bits per heavy atom. The van der Waals surface area contributed by atoms with Crippen LogP contribution in [0.5, 0.6) is 0 Å². The zero-order chi connectivity index (χ0) is 20.8. The summed E-state index contributed by atoms with van der Waals surface area (Å²) in [6.07, 6.45) is 2.57. The highest BCUT2D eigenvalue weighted by molar-refractivity contribution is 6.05. The van der Waals surface area contributed by atoms with Crippen LogP contribution in [0.25, 0.3) is 0 Å². The van der Waals surface area contributed by atoms with Crippen LogP contribution < -0.4 is 5.32 Å². The monoisotopic (exact) mass is 394 g/mol. The molecule has 154 valence electrons. The van der Waals surface area contributed by atoms with E-state index in [0.29, 0.717) is 29.0 Å². The van der Waals surface area contributed by atoms with Crippen LogP contribution in [0.4, 0.5) is 5.69 Å². The molecule has 1 heterocycles. The molecule has 2 aromatic carbocycles. The van der Waals surface area contributed by atoms with Gasteiger partial charge in [-0.2, -0.15) is 0 Å². The van der Waals surface area contributed by atoms with Gasteiger partial charge in [-0.15, -0.1) is 0 Å². The average molecular weight is 395 g/mol. The number of amides is 1. The lowest BCUT2D eigenvalue weighted by Crippen LogP contribution is -2.33. The van der Waals surface area contributed by atoms with Gasteiger partial charge in [-0.1, -0.05) is 25.1 Å². The van der Waals surface area contributed by atoms with Crippen molar-refractivity contribution in [3.8, 4) is 0 Å². The predicted molar refractivity (Wildman–Crippen MR) is 115 cm³/mol. The fourth-order valence-electron chi connectivity index (χ4n) is 3.85. The average Bonchev–Trinajstić information content (AvgIpc) is 2.70. The van der Waals surface area contributed by atoms with Gasteiger partial charge in [0.15, 0.2) is 0 Å². The van der Waals surface area contributed by atoms with Crippen LogP contribution in [0.2, 0.25) is 0 Å². The number of carbonyl (C=O) groups excluding carboxylic acids is 2. The minimum absolute atomic E-state index is 0.188. The number of likely N-dealkylation sites (tertiary alicyclic amines) is 1. The Balaban J connectivity index is 1.65. The van der Waals surface area contributed by atoms with E-state index in [1.54, 1.807) is 25.1 Å². The molecule has 2 aromatic rings. The molecule has 0 bridgehead atoms. The second-order valence-electron chi connectivity index (χ2n) is 7.83. The van der Waals surface area contributed by atoms with Crippen LogP contribution in [0.3, 0.4) is 0 Å². The van der Waals surface area contributed by atoms with E-state index in [0.717, 1.165) is 25.6 Å². The molecule has 29 heavy (non-hydrogen) atoms. The molecule has 3 rings (SSSR count). The fourth-order valence-corrected chi connectivity index (χ4v) is 3.85. The first-order valence-corrected chi connectivity index (χ1v) is 10.4. The maximum Gasteiger partial charge on any atom is 0.338 e. The van der Waals surface area contributed by atoms with Crippen LogP contribution in [-0.4, -0.2) is 36.5 Å². The molecule has 1 aliphatic heterocycles. The van der Waals surface area contributed by atoms with Gasteiger partial charge in [0.25, 0.3) is 5.91 Å². The number of hydrogen-bond donors (Lipinski definition) is 1. The Kier molecular flexibility index (Phi) is 7.04. The maximum atomic E-state index is 12.7. The van der Waals surface area contributed by atoms with Crippen molar-refractivity contribution in [1.29, 1.82) is 0 Å². The molecule has 1 atom stereocenters. The molecule has 1 N–H and O–H groups in total. The van der Waals surface area contributed by atoms with Gasteiger partial charge in [0.2, 0.25) is 0 Å². The summed E-state index contributed by atoms with van der Waals surface area (Å²) >= 11 is 0. The van der Waals surface area contributed by atoms with Gasteiger partial charge in [0, 0.05) is 24.3 Å². The van der Waals surface area contributed by atoms with E-state index in [2.05, 4.69) is 17.1 Å². The predicted octanol–water partition coefficient (Wildman–Crippen LogP) is 4.66. The van der Waals surface area contributed by atoms with E-state index in [1.807, 2.05) is 31.2 Å². The molecular formula is C24H30N2O3. The van der Waals surface area contributed by atoms with Gasteiger partial charge in [0.1, 0.15) is 0 Å². The van der Waals surface area contributed by atoms with Crippen molar-refractivity contribution in [1.82, 2.24) is 4.90 Å². The molecule has 0 spiro atoms. The molecule has 5 nitrogen and oxygen atoms in total. The molecule has 0 radical (unpaired) electrons. The summed E-state index contributed by atoms with van der Waals surface area (Å²) in [6, 6.07) is 13.0. The van der Waals surface area contributed by atoms with Crippen LogP contribution in [0.15, 0.2) is 42.5 Å². The first kappa shape index (κ1) is 21.1. The van der Waals surface area contributed by atoms with Crippen LogP contribution in [0.1, 0.15) is 58.5 Å². The zero-order valence-electron chi connectivity index (χ0n) is 17.5. The first-order chi connectivity index (χ1) is 14.0. The SMILES string of the molecule is CCOC(=O)c1cccc(NC(=O)c2ccc(CN3CCC[C@H](C)C3)cc2)c1C. The Morgan fingerprint density at radius 1 is 1.17 bits per heavy atom. The summed E-state index contributed by atoms with van der Waals surface area (Å²) < 4.78 is 5.08. The topological polar surface area (TPSA) is 58.6 Å². The minimum atomic E-state index is -0.377. The third-order valence-corrected chi connectivity index (χ3v) is 5.44. The number of carbonyl (C=O) groups is 2. The van der Waals surface area contributed by atoms with Crippen molar-refractivity contribution < 1.29 is 14.3 Å². The van der Waals surface area contributed by atoms with Crippen molar-refractivity contribution >= 4 is 17.6 Å². The highest BCUT2D eigenvalue weighted by atomic mass is 16.5. The lowest BCUT2D eigenvalue weighted by atomic mass is 9.99. The van der Waals surface area contributed by atoms with Gasteiger partial charge in [-0.05, 0) is 74.5 Å². The van der Waals surface area contributed by atoms with Crippen molar-refractivity contribution in [2.75, 3.05) is 25.0 Å². The second-order valence-corrected chi connectivity index (χ2v) is 7.83. The molecule has 0 unspecified atom stereocenters. The quantitative estimate of drug-likeness (QED) is 0.724. The van der Waals surface area contributed by atoms with E-state index < -0.39 is 0 Å². The largest absolute Gasteiger partial charge is 0.462 e. The Labute approximate surface area is 173 Å². The summed E-state index contributed by atoms with van der Waals surface area (Å²) in [5, 5.41) is 2.91. The van der Waals surface area contributed by atoms with Gasteiger partial charge < -0.3 is 10.1 Å². The standard InChI is InChI=1S/C24H30N2O3/c1-4-29-24(28)21-8-5-9-22(18(21)3)25-23(27)20-12-10-19(11-13-20)16-26-14-6-7-17(2)15-26/h5,8-13,17H,4,6-7,14-16H2,1-3H3,(H,25,27)/t17-/m0/s1. The lowest BCUT2D eigenvalue weighted by Gasteiger charge is -2.30. The highest BCUT2D eigenvalue weighted by Gasteiger charge is 2.17. The van der Waals surface area contributed by atoms with Crippen molar-refractivity contribution in [2.45, 2.75) is 40.2 Å². The number of anilines is 1. The van der Waals surface area contributed by atoms with Crippen LogP contribution in [-0.2, 0) is 11.3 Å². The van der Waals surface area contributed by atoms with E-state index in [-0.39, 0.29) is 11.9 Å². The number of rotatable bonds is 6.